The Kier molecular flexibility index (Phi) is 7.64. The molecule has 0 aliphatic carbocycles. The van der Waals surface area contributed by atoms with Crippen LogP contribution in [0.1, 0.15) is 18.4 Å². The van der Waals surface area contributed by atoms with E-state index in [1.807, 2.05) is 6.07 Å². The number of amides is 1. The van der Waals surface area contributed by atoms with E-state index < -0.39 is 12.1 Å². The van der Waals surface area contributed by atoms with Crippen molar-refractivity contribution in [3.05, 3.63) is 60.4 Å². The Labute approximate surface area is 188 Å². The number of carboxylic acids is 1. The fraction of sp³-hybridized carbons (Fsp3) is 0.364. The lowest BCUT2D eigenvalue weighted by Crippen LogP contribution is -2.35. The molecule has 1 spiro atoms. The SMILES string of the molecule is O=C(Nc1cccnc1)C1=NOC2(CCN(CCc3ccccc3)C2)C1.O=C(O)C(F)(F)F. The lowest BCUT2D eigenvalue weighted by Gasteiger charge is -2.21. The minimum atomic E-state index is -5.08. The molecule has 2 N–H and O–H groups in total. The van der Waals surface area contributed by atoms with E-state index in [4.69, 9.17) is 14.7 Å². The van der Waals surface area contributed by atoms with Gasteiger partial charge in [-0.1, -0.05) is 35.5 Å². The highest BCUT2D eigenvalue weighted by Gasteiger charge is 2.46. The second-order valence-corrected chi connectivity index (χ2v) is 7.75. The monoisotopic (exact) mass is 464 g/mol. The van der Waals surface area contributed by atoms with Crippen LogP contribution < -0.4 is 5.32 Å². The molecule has 1 aromatic heterocycles. The number of pyridine rings is 1. The van der Waals surface area contributed by atoms with E-state index >= 15 is 0 Å². The van der Waals surface area contributed by atoms with Gasteiger partial charge in [-0.25, -0.2) is 4.79 Å². The summed E-state index contributed by atoms with van der Waals surface area (Å²) in [6, 6.07) is 14.1. The summed E-state index contributed by atoms with van der Waals surface area (Å²) in [5.41, 5.74) is 2.11. The number of anilines is 1. The van der Waals surface area contributed by atoms with Gasteiger partial charge in [0.1, 0.15) is 5.71 Å². The Morgan fingerprint density at radius 3 is 2.55 bits per heavy atom. The number of oxime groups is 1. The molecule has 2 aromatic rings. The molecule has 2 aliphatic rings. The number of hydrogen-bond donors (Lipinski definition) is 2. The van der Waals surface area contributed by atoms with Crippen LogP contribution >= 0.6 is 0 Å². The topological polar surface area (TPSA) is 104 Å². The normalized spacial score (nSPS) is 19.9. The number of hydrogen-bond acceptors (Lipinski definition) is 6. The van der Waals surface area contributed by atoms with Gasteiger partial charge in [0.15, 0.2) is 5.60 Å². The van der Waals surface area contributed by atoms with E-state index in [1.54, 1.807) is 24.5 Å². The molecule has 1 aromatic carbocycles. The van der Waals surface area contributed by atoms with Crippen LogP contribution in [0.2, 0.25) is 0 Å². The quantitative estimate of drug-likeness (QED) is 0.705. The van der Waals surface area contributed by atoms with E-state index in [9.17, 15) is 18.0 Å². The van der Waals surface area contributed by atoms with Crippen LogP contribution in [0.3, 0.4) is 0 Å². The van der Waals surface area contributed by atoms with Gasteiger partial charge in [0.25, 0.3) is 5.91 Å². The molecule has 33 heavy (non-hydrogen) atoms. The predicted molar refractivity (Wildman–Crippen MR) is 114 cm³/mol. The molecular formula is C22H23F3N4O4. The van der Waals surface area contributed by atoms with Crippen molar-refractivity contribution in [2.45, 2.75) is 31.0 Å². The highest BCUT2D eigenvalue weighted by Crippen LogP contribution is 2.34. The summed E-state index contributed by atoms with van der Waals surface area (Å²) in [7, 11) is 0. The minimum Gasteiger partial charge on any atom is -0.475 e. The summed E-state index contributed by atoms with van der Waals surface area (Å²) < 4.78 is 31.7. The number of aromatic nitrogens is 1. The van der Waals surface area contributed by atoms with Gasteiger partial charge in [-0.3, -0.25) is 14.7 Å². The molecular weight excluding hydrogens is 441 g/mol. The van der Waals surface area contributed by atoms with Gasteiger partial charge < -0.3 is 15.3 Å². The first-order valence-electron chi connectivity index (χ1n) is 10.2. The van der Waals surface area contributed by atoms with Gasteiger partial charge in [-0.15, -0.1) is 0 Å². The molecule has 4 rings (SSSR count). The summed E-state index contributed by atoms with van der Waals surface area (Å²) in [5, 5.41) is 14.0. The molecule has 1 amide bonds. The van der Waals surface area contributed by atoms with Crippen LogP contribution in [-0.2, 0) is 20.8 Å². The summed E-state index contributed by atoms with van der Waals surface area (Å²) in [6.07, 6.45) is 0.677. The fourth-order valence-electron chi connectivity index (χ4n) is 3.55. The maximum absolute atomic E-state index is 12.4. The number of nitrogens with zero attached hydrogens (tertiary/aromatic N) is 3. The Bertz CT molecular complexity index is 986. The van der Waals surface area contributed by atoms with E-state index in [1.165, 1.54) is 5.56 Å². The molecule has 1 fully saturated rings. The Morgan fingerprint density at radius 1 is 1.18 bits per heavy atom. The number of rotatable bonds is 5. The average Bonchev–Trinajstić information content (AvgIpc) is 3.40. The first kappa shape index (κ1) is 24.2. The molecule has 3 heterocycles. The Balaban J connectivity index is 0.000000383. The van der Waals surface area contributed by atoms with E-state index in [-0.39, 0.29) is 11.5 Å². The van der Waals surface area contributed by atoms with Crippen LogP contribution in [0, 0.1) is 0 Å². The molecule has 1 saturated heterocycles. The molecule has 1 atom stereocenters. The first-order valence-corrected chi connectivity index (χ1v) is 10.2. The minimum absolute atomic E-state index is 0.211. The van der Waals surface area contributed by atoms with Crippen LogP contribution in [0.4, 0.5) is 18.9 Å². The molecule has 0 saturated carbocycles. The van der Waals surface area contributed by atoms with Gasteiger partial charge >= 0.3 is 12.1 Å². The fourth-order valence-corrected chi connectivity index (χ4v) is 3.55. The van der Waals surface area contributed by atoms with Gasteiger partial charge in [0.05, 0.1) is 11.9 Å². The number of carbonyl (C=O) groups excluding carboxylic acids is 1. The Morgan fingerprint density at radius 2 is 1.91 bits per heavy atom. The van der Waals surface area contributed by atoms with Gasteiger partial charge in [0.2, 0.25) is 0 Å². The van der Waals surface area contributed by atoms with Crippen molar-refractivity contribution in [1.82, 2.24) is 9.88 Å². The second-order valence-electron chi connectivity index (χ2n) is 7.75. The molecule has 2 aliphatic heterocycles. The third-order valence-corrected chi connectivity index (χ3v) is 5.22. The predicted octanol–water partition coefficient (Wildman–Crippen LogP) is 3.12. The summed E-state index contributed by atoms with van der Waals surface area (Å²) in [4.78, 5) is 33.4. The van der Waals surface area contributed by atoms with Crippen molar-refractivity contribution in [2.24, 2.45) is 5.16 Å². The molecule has 8 nitrogen and oxygen atoms in total. The standard InChI is InChI=1S/C20H22N4O2.C2HF3O2/c25-19(22-17-7-4-10-21-14-17)18-13-20(26-23-18)9-12-24(15-20)11-8-16-5-2-1-3-6-16;3-2(4,5)1(6)7/h1-7,10,14H,8-9,11-13,15H2,(H,22,25);(H,6,7). The molecule has 176 valence electrons. The summed E-state index contributed by atoms with van der Waals surface area (Å²) >= 11 is 0. The zero-order valence-electron chi connectivity index (χ0n) is 17.6. The smallest absolute Gasteiger partial charge is 0.475 e. The lowest BCUT2D eigenvalue weighted by atomic mass is 9.96. The number of aliphatic carboxylic acids is 1. The number of carbonyl (C=O) groups is 2. The van der Waals surface area contributed by atoms with Crippen LogP contribution in [0.25, 0.3) is 0 Å². The summed E-state index contributed by atoms with van der Waals surface area (Å²) in [5.74, 6) is -2.97. The maximum Gasteiger partial charge on any atom is 0.490 e. The van der Waals surface area contributed by atoms with Crippen molar-refractivity contribution in [3.8, 4) is 0 Å². The largest absolute Gasteiger partial charge is 0.490 e. The van der Waals surface area contributed by atoms with Crippen LogP contribution in [0.15, 0.2) is 60.0 Å². The van der Waals surface area contributed by atoms with Gasteiger partial charge in [-0.2, -0.15) is 13.2 Å². The van der Waals surface area contributed by atoms with E-state index in [2.05, 4.69) is 44.6 Å². The first-order chi connectivity index (χ1) is 15.7. The van der Waals surface area contributed by atoms with Crippen molar-refractivity contribution in [2.75, 3.05) is 25.0 Å². The zero-order valence-corrected chi connectivity index (χ0v) is 17.6. The van der Waals surface area contributed by atoms with Crippen molar-refractivity contribution >= 4 is 23.3 Å². The van der Waals surface area contributed by atoms with E-state index in [0.717, 1.165) is 32.5 Å². The van der Waals surface area contributed by atoms with Crippen LogP contribution in [-0.4, -0.2) is 64.0 Å². The highest BCUT2D eigenvalue weighted by molar-refractivity contribution is 6.43. The number of halogens is 3. The third-order valence-electron chi connectivity index (χ3n) is 5.22. The molecule has 0 radical (unpaired) electrons. The average molecular weight is 464 g/mol. The number of carboxylic acid groups (broad SMARTS) is 1. The molecule has 0 bridgehead atoms. The number of alkyl halides is 3. The van der Waals surface area contributed by atoms with Crippen molar-refractivity contribution in [3.63, 3.8) is 0 Å². The molecule has 11 heteroatoms. The number of nitrogens with one attached hydrogen (secondary N) is 1. The van der Waals surface area contributed by atoms with Gasteiger partial charge in [-0.05, 0) is 24.1 Å². The van der Waals surface area contributed by atoms with Crippen LogP contribution in [0.5, 0.6) is 0 Å². The Hall–Kier alpha value is -3.47. The van der Waals surface area contributed by atoms with E-state index in [0.29, 0.717) is 17.8 Å². The molecule has 1 unspecified atom stereocenters. The van der Waals surface area contributed by atoms with Gasteiger partial charge in [0, 0.05) is 38.7 Å². The maximum atomic E-state index is 12.4. The van der Waals surface area contributed by atoms with Crippen molar-refractivity contribution in [1.29, 1.82) is 0 Å². The zero-order chi connectivity index (χ0) is 23.9. The van der Waals surface area contributed by atoms with Crippen molar-refractivity contribution < 1.29 is 32.7 Å². The number of likely N-dealkylation sites (tertiary alicyclic amines) is 1. The summed E-state index contributed by atoms with van der Waals surface area (Å²) in [6.45, 7) is 2.78. The number of benzene rings is 1. The lowest BCUT2D eigenvalue weighted by molar-refractivity contribution is -0.192. The second kappa shape index (κ2) is 10.4. The highest BCUT2D eigenvalue weighted by atomic mass is 19.4. The third kappa shape index (κ3) is 7.01.